The zero-order valence-electron chi connectivity index (χ0n) is 18.3. The lowest BCUT2D eigenvalue weighted by atomic mass is 10.1. The Morgan fingerprint density at radius 2 is 1.68 bits per heavy atom. The first kappa shape index (κ1) is 24.7. The van der Waals surface area contributed by atoms with E-state index in [1.807, 2.05) is 0 Å². The summed E-state index contributed by atoms with van der Waals surface area (Å²) in [5, 5.41) is 3.13. The van der Waals surface area contributed by atoms with Crippen molar-refractivity contribution in [2.45, 2.75) is 77.8 Å². The minimum atomic E-state index is -2.15. The summed E-state index contributed by atoms with van der Waals surface area (Å²) < 4.78 is 11.7. The molecule has 0 aromatic heterocycles. The molecule has 1 amide bonds. The number of amides is 1. The third-order valence-corrected chi connectivity index (χ3v) is 9.59. The van der Waals surface area contributed by atoms with Gasteiger partial charge in [-0.3, -0.25) is 4.79 Å². The van der Waals surface area contributed by atoms with Gasteiger partial charge in [-0.25, -0.2) is 4.79 Å². The number of carbonyl (C=O) groups is 2. The largest absolute Gasteiger partial charge is 0.444 e. The molecule has 0 aliphatic rings. The summed E-state index contributed by atoms with van der Waals surface area (Å²) in [6.45, 7) is 16.2. The highest BCUT2D eigenvalue weighted by atomic mass is 35.5. The van der Waals surface area contributed by atoms with E-state index in [-0.39, 0.29) is 23.8 Å². The summed E-state index contributed by atoms with van der Waals surface area (Å²) in [4.78, 5) is 24.8. The zero-order chi connectivity index (χ0) is 21.8. The number of halogens is 1. The van der Waals surface area contributed by atoms with Crippen LogP contribution < -0.4 is 5.32 Å². The van der Waals surface area contributed by atoms with Gasteiger partial charge in [-0.1, -0.05) is 44.5 Å². The van der Waals surface area contributed by atoms with Gasteiger partial charge in [0.1, 0.15) is 5.60 Å². The second-order valence-electron chi connectivity index (χ2n) is 9.49. The quantitative estimate of drug-likeness (QED) is 0.439. The molecule has 1 aromatic carbocycles. The van der Waals surface area contributed by atoms with Gasteiger partial charge >= 0.3 is 6.09 Å². The Morgan fingerprint density at radius 1 is 1.11 bits per heavy atom. The van der Waals surface area contributed by atoms with Crippen LogP contribution in [-0.2, 0) is 9.16 Å². The van der Waals surface area contributed by atoms with Crippen LogP contribution in [0.3, 0.4) is 0 Å². The molecule has 0 saturated carbocycles. The molecule has 28 heavy (non-hydrogen) atoms. The zero-order valence-corrected chi connectivity index (χ0v) is 20.1. The fourth-order valence-electron chi connectivity index (χ4n) is 2.26. The highest BCUT2D eigenvalue weighted by Gasteiger charge is 2.39. The molecule has 1 atom stereocenters. The molecule has 0 spiro atoms. The Bertz CT molecular complexity index is 692. The fraction of sp³-hybridized carbons (Fsp3) is 0.619. The number of ether oxygens (including phenoxy) is 1. The van der Waals surface area contributed by atoms with Crippen molar-refractivity contribution in [2.24, 2.45) is 0 Å². The van der Waals surface area contributed by atoms with Gasteiger partial charge < -0.3 is 14.5 Å². The highest BCUT2D eigenvalue weighted by Crippen LogP contribution is 2.37. The van der Waals surface area contributed by atoms with Crippen LogP contribution in [0, 0.1) is 0 Å². The lowest BCUT2D eigenvalue weighted by Gasteiger charge is -2.39. The van der Waals surface area contributed by atoms with Crippen molar-refractivity contribution < 1.29 is 18.8 Å². The first-order chi connectivity index (χ1) is 12.6. The molecule has 0 radical (unpaired) electrons. The number of Topliss-reactive ketones (excluding diaryl/α,β-unsaturated/α-hetero) is 1. The van der Waals surface area contributed by atoms with E-state index in [0.717, 1.165) is 0 Å². The van der Waals surface area contributed by atoms with Crippen LogP contribution in [0.5, 0.6) is 0 Å². The number of hydrogen-bond acceptors (Lipinski definition) is 4. The lowest BCUT2D eigenvalue weighted by molar-refractivity contribution is 0.0488. The molecule has 0 bridgehead atoms. The maximum atomic E-state index is 12.8. The SMILES string of the molecule is CC(C)(C)OC(=O)NC[C@H](CC(=O)c1ccccc1Cl)O[Si](C)(C)C(C)(C)C. The van der Waals surface area contributed by atoms with Gasteiger partial charge in [0.15, 0.2) is 14.1 Å². The van der Waals surface area contributed by atoms with E-state index >= 15 is 0 Å². The summed E-state index contributed by atoms with van der Waals surface area (Å²) in [5.41, 5.74) is -0.127. The van der Waals surface area contributed by atoms with Crippen molar-refractivity contribution in [3.8, 4) is 0 Å². The molecule has 1 aromatic rings. The van der Waals surface area contributed by atoms with E-state index in [2.05, 4.69) is 39.2 Å². The number of ketones is 1. The molecular weight excluding hydrogens is 394 g/mol. The van der Waals surface area contributed by atoms with Crippen LogP contribution in [-0.4, -0.2) is 38.4 Å². The molecule has 1 N–H and O–H groups in total. The van der Waals surface area contributed by atoms with Gasteiger partial charge in [0.25, 0.3) is 0 Å². The van der Waals surface area contributed by atoms with Gasteiger partial charge in [-0.05, 0) is 51.0 Å². The van der Waals surface area contributed by atoms with Crippen molar-refractivity contribution in [3.05, 3.63) is 34.9 Å². The normalized spacial score (nSPS) is 13.8. The van der Waals surface area contributed by atoms with E-state index in [1.165, 1.54) is 0 Å². The first-order valence-corrected chi connectivity index (χ1v) is 12.8. The summed E-state index contributed by atoms with van der Waals surface area (Å²) in [6, 6.07) is 6.96. The van der Waals surface area contributed by atoms with E-state index in [9.17, 15) is 9.59 Å². The Labute approximate surface area is 175 Å². The van der Waals surface area contributed by atoms with Crippen molar-refractivity contribution in [1.29, 1.82) is 0 Å². The van der Waals surface area contributed by atoms with Gasteiger partial charge in [-0.2, -0.15) is 0 Å². The minimum Gasteiger partial charge on any atom is -0.444 e. The van der Waals surface area contributed by atoms with Crippen LogP contribution >= 0.6 is 11.6 Å². The molecule has 0 heterocycles. The van der Waals surface area contributed by atoms with E-state index in [4.69, 9.17) is 20.8 Å². The van der Waals surface area contributed by atoms with Crippen LogP contribution in [0.1, 0.15) is 58.3 Å². The Balaban J connectivity index is 2.93. The molecule has 158 valence electrons. The maximum Gasteiger partial charge on any atom is 0.407 e. The van der Waals surface area contributed by atoms with E-state index in [1.54, 1.807) is 45.0 Å². The average molecular weight is 428 g/mol. The third-order valence-electron chi connectivity index (χ3n) is 4.73. The predicted octanol–water partition coefficient (Wildman–Crippen LogP) is 5.83. The average Bonchev–Trinajstić information content (AvgIpc) is 2.50. The number of nitrogens with one attached hydrogen (secondary N) is 1. The van der Waals surface area contributed by atoms with Crippen molar-refractivity contribution in [2.75, 3.05) is 6.54 Å². The molecule has 1 rings (SSSR count). The maximum absolute atomic E-state index is 12.8. The second-order valence-corrected chi connectivity index (χ2v) is 14.7. The van der Waals surface area contributed by atoms with Crippen molar-refractivity contribution >= 4 is 31.8 Å². The van der Waals surface area contributed by atoms with Gasteiger partial charge in [0, 0.05) is 18.5 Å². The minimum absolute atomic E-state index is 0.0232. The van der Waals surface area contributed by atoms with E-state index in [0.29, 0.717) is 10.6 Å². The molecule has 0 aliphatic heterocycles. The van der Waals surface area contributed by atoms with Crippen molar-refractivity contribution in [1.82, 2.24) is 5.32 Å². The third kappa shape index (κ3) is 7.93. The predicted molar refractivity (Wildman–Crippen MR) is 117 cm³/mol. The fourth-order valence-corrected chi connectivity index (χ4v) is 3.86. The summed E-state index contributed by atoms with van der Waals surface area (Å²) in [5.74, 6) is -0.111. The molecule has 7 heteroatoms. The Hall–Kier alpha value is -1.37. The molecule has 0 fully saturated rings. The summed E-state index contributed by atoms with van der Waals surface area (Å²) in [7, 11) is -2.15. The summed E-state index contributed by atoms with van der Waals surface area (Å²) in [6.07, 6.45) is -0.856. The number of carbonyl (C=O) groups excluding carboxylic acids is 2. The number of benzene rings is 1. The molecule has 0 aliphatic carbocycles. The Kier molecular flexibility index (Phi) is 8.29. The van der Waals surface area contributed by atoms with Gasteiger partial charge in [-0.15, -0.1) is 0 Å². The first-order valence-electron chi connectivity index (χ1n) is 9.55. The number of rotatable bonds is 7. The van der Waals surface area contributed by atoms with Crippen LogP contribution in [0.4, 0.5) is 4.79 Å². The molecule has 0 saturated heterocycles. The molecule has 5 nitrogen and oxygen atoms in total. The van der Waals surface area contributed by atoms with Gasteiger partial charge in [0.05, 0.1) is 11.1 Å². The number of alkyl carbamates (subject to hydrolysis) is 1. The monoisotopic (exact) mass is 427 g/mol. The standard InChI is InChI=1S/C21H34ClNO4Si/c1-20(2,3)26-19(25)23-14-15(27-28(7,8)21(4,5)6)13-18(24)16-11-9-10-12-17(16)22/h9-12,15H,13-14H2,1-8H3,(H,23,25)/t15-/m0/s1. The molecular formula is C21H34ClNO4Si. The van der Waals surface area contributed by atoms with Crippen molar-refractivity contribution in [3.63, 3.8) is 0 Å². The summed E-state index contributed by atoms with van der Waals surface area (Å²) >= 11 is 6.17. The van der Waals surface area contributed by atoms with Crippen LogP contribution in [0.2, 0.25) is 23.2 Å². The smallest absolute Gasteiger partial charge is 0.407 e. The number of hydrogen-bond donors (Lipinski definition) is 1. The Morgan fingerprint density at radius 3 is 2.18 bits per heavy atom. The van der Waals surface area contributed by atoms with E-state index < -0.39 is 26.1 Å². The van der Waals surface area contributed by atoms with Crippen LogP contribution in [0.15, 0.2) is 24.3 Å². The topological polar surface area (TPSA) is 64.6 Å². The van der Waals surface area contributed by atoms with Gasteiger partial charge in [0.2, 0.25) is 0 Å². The van der Waals surface area contributed by atoms with Crippen LogP contribution in [0.25, 0.3) is 0 Å². The molecule has 0 unspecified atom stereocenters. The second kappa shape index (κ2) is 9.42. The lowest BCUT2D eigenvalue weighted by Crippen LogP contribution is -2.48. The highest BCUT2D eigenvalue weighted by molar-refractivity contribution is 6.74.